The average molecular weight is 629 g/mol. The number of nitrogen functional groups attached to an aromatic ring is 1. The van der Waals surface area contributed by atoms with Crippen molar-refractivity contribution >= 4 is 25.1 Å². The summed E-state index contributed by atoms with van der Waals surface area (Å²) in [5, 5.41) is 6.95. The number of para-hydroxylation sites is 1. The molecule has 234 valence electrons. The van der Waals surface area contributed by atoms with Gasteiger partial charge in [-0.05, 0) is 45.0 Å². The van der Waals surface area contributed by atoms with Crippen LogP contribution in [0, 0.1) is 12.5 Å². The quantitative estimate of drug-likeness (QED) is 0.181. The molecule has 3 aliphatic rings. The van der Waals surface area contributed by atoms with E-state index in [4.69, 9.17) is 45.0 Å². The fourth-order valence-corrected chi connectivity index (χ4v) is 6.77. The summed E-state index contributed by atoms with van der Waals surface area (Å²) < 4.78 is 56.7. The van der Waals surface area contributed by atoms with Crippen LogP contribution in [0.3, 0.4) is 0 Å². The molecule has 3 saturated heterocycles. The number of benzene rings is 1. The molecule has 3 aromatic rings. The van der Waals surface area contributed by atoms with Gasteiger partial charge in [0.2, 0.25) is 0 Å². The van der Waals surface area contributed by atoms with Crippen molar-refractivity contribution < 1.29 is 42.1 Å². The lowest BCUT2D eigenvalue weighted by Gasteiger charge is -2.28. The number of nitrogens with one attached hydrogen (secondary N) is 1. The number of carbonyl (C=O) groups is 1. The highest BCUT2D eigenvalue weighted by Gasteiger charge is 2.69. The normalized spacial score (nSPS) is 28.0. The van der Waals surface area contributed by atoms with Crippen molar-refractivity contribution in [1.82, 2.24) is 19.7 Å². The molecule has 0 spiro atoms. The summed E-state index contributed by atoms with van der Waals surface area (Å²) in [6, 6.07) is 10.7. The maximum absolute atomic E-state index is 14.2. The Labute approximate surface area is 253 Å². The standard InChI is InChI=1S/C28H33N6O9P/c1-17(26(35)38-14-18-12-37-13-18)33-44(36,43-19-8-6-5-7-9-19)39-15-28(30-4)24-23(40-27(2,3)42-24)22(41-28)20-10-11-21-25(29)31-16-32-34(20)21/h5-11,16-18,22-24H,12-15H2,1-3H3,(H,33,36)(H2,29,31,32)/t17-,22-,23-,24-,28+,44?/m0/s1. The molecule has 44 heavy (non-hydrogen) atoms. The fourth-order valence-electron chi connectivity index (χ4n) is 5.25. The number of hydrogen-bond donors (Lipinski definition) is 2. The first kappa shape index (κ1) is 30.4. The third-order valence-electron chi connectivity index (χ3n) is 7.48. The van der Waals surface area contributed by atoms with Crippen LogP contribution in [0.5, 0.6) is 5.75 Å². The number of ether oxygens (including phenoxy) is 5. The third kappa shape index (κ3) is 5.90. The molecule has 1 unspecified atom stereocenters. The van der Waals surface area contributed by atoms with Gasteiger partial charge >= 0.3 is 19.4 Å². The van der Waals surface area contributed by atoms with Gasteiger partial charge in [-0.25, -0.2) is 20.6 Å². The van der Waals surface area contributed by atoms with Crippen molar-refractivity contribution in [3.05, 3.63) is 65.9 Å². The Bertz CT molecular complexity index is 1610. The van der Waals surface area contributed by atoms with Gasteiger partial charge in [0.15, 0.2) is 24.3 Å². The number of aromatic nitrogens is 3. The largest absolute Gasteiger partial charge is 0.464 e. The topological polar surface area (TPSA) is 171 Å². The maximum atomic E-state index is 14.2. The highest BCUT2D eigenvalue weighted by Crippen LogP contribution is 2.53. The number of fused-ring (bicyclic) bond motifs is 2. The van der Waals surface area contributed by atoms with Crippen molar-refractivity contribution in [3.63, 3.8) is 0 Å². The second-order valence-electron chi connectivity index (χ2n) is 11.3. The van der Waals surface area contributed by atoms with Gasteiger partial charge in [0.05, 0.1) is 25.5 Å². The van der Waals surface area contributed by atoms with Crippen LogP contribution in [-0.4, -0.2) is 76.8 Å². The van der Waals surface area contributed by atoms with Crippen LogP contribution in [0.1, 0.15) is 32.6 Å². The van der Waals surface area contributed by atoms with Crippen molar-refractivity contribution in [2.45, 2.75) is 56.6 Å². The van der Waals surface area contributed by atoms with Crippen LogP contribution >= 0.6 is 7.75 Å². The molecule has 6 rings (SSSR count). The maximum Gasteiger partial charge on any atom is 0.459 e. The van der Waals surface area contributed by atoms with E-state index in [9.17, 15) is 9.36 Å². The number of nitrogens with two attached hydrogens (primary N) is 1. The SMILES string of the molecule is [C-]#[N+][C@]1(COP(=O)(N[C@@H](C)C(=O)OCC2COC2)Oc2ccccc2)O[C@@H](c2ccc3c(N)ncnn23)[C@@H]2OC(C)(C)O[C@@H]21. The van der Waals surface area contributed by atoms with E-state index >= 15 is 0 Å². The molecular weight excluding hydrogens is 595 g/mol. The van der Waals surface area contributed by atoms with Gasteiger partial charge in [-0.1, -0.05) is 18.2 Å². The van der Waals surface area contributed by atoms with Crippen LogP contribution in [0.2, 0.25) is 0 Å². The molecule has 5 heterocycles. The van der Waals surface area contributed by atoms with E-state index in [1.165, 1.54) is 13.3 Å². The molecule has 3 N–H and O–H groups in total. The number of hydrogen-bond acceptors (Lipinski definition) is 12. The molecule has 16 heteroatoms. The second kappa shape index (κ2) is 11.7. The second-order valence-corrected chi connectivity index (χ2v) is 13.0. The zero-order valence-corrected chi connectivity index (χ0v) is 25.2. The van der Waals surface area contributed by atoms with Gasteiger partial charge in [-0.15, -0.1) is 0 Å². The number of carbonyl (C=O) groups excluding carboxylic acids is 1. The number of nitrogens with zero attached hydrogens (tertiary/aromatic N) is 4. The lowest BCUT2D eigenvalue weighted by atomic mass is 10.0. The van der Waals surface area contributed by atoms with E-state index in [-0.39, 0.29) is 24.1 Å². The number of anilines is 1. The molecule has 3 fully saturated rings. The Morgan fingerprint density at radius 2 is 2.00 bits per heavy atom. The Kier molecular flexibility index (Phi) is 8.10. The highest BCUT2D eigenvalue weighted by molar-refractivity contribution is 7.52. The summed E-state index contributed by atoms with van der Waals surface area (Å²) in [5.41, 5.74) is 5.31. The van der Waals surface area contributed by atoms with E-state index in [0.29, 0.717) is 24.4 Å². The van der Waals surface area contributed by atoms with Crippen LogP contribution < -0.4 is 15.3 Å². The van der Waals surface area contributed by atoms with E-state index in [2.05, 4.69) is 20.0 Å². The van der Waals surface area contributed by atoms with Crippen LogP contribution in [0.25, 0.3) is 10.4 Å². The molecule has 0 bridgehead atoms. The summed E-state index contributed by atoms with van der Waals surface area (Å²) in [6.45, 7) is 13.8. The van der Waals surface area contributed by atoms with Gasteiger partial charge in [0.1, 0.15) is 35.8 Å². The predicted molar refractivity (Wildman–Crippen MR) is 153 cm³/mol. The Morgan fingerprint density at radius 1 is 1.23 bits per heavy atom. The highest BCUT2D eigenvalue weighted by atomic mass is 31.2. The lowest BCUT2D eigenvalue weighted by molar-refractivity contribution is -0.206. The number of rotatable bonds is 11. The molecular formula is C28H33N6O9P. The average Bonchev–Trinajstić information content (AvgIpc) is 3.62. The summed E-state index contributed by atoms with van der Waals surface area (Å²) in [6.07, 6.45) is -1.25. The van der Waals surface area contributed by atoms with Gasteiger partial charge in [0.25, 0.3) is 0 Å². The van der Waals surface area contributed by atoms with Crippen molar-refractivity contribution in [2.24, 2.45) is 5.92 Å². The first-order valence-electron chi connectivity index (χ1n) is 14.0. The molecule has 1 aromatic carbocycles. The van der Waals surface area contributed by atoms with Crippen LogP contribution in [0.15, 0.2) is 48.8 Å². The van der Waals surface area contributed by atoms with E-state index in [1.807, 2.05) is 0 Å². The van der Waals surface area contributed by atoms with Crippen molar-refractivity contribution in [1.29, 1.82) is 0 Å². The molecule has 2 aromatic heterocycles. The van der Waals surface area contributed by atoms with Gasteiger partial charge in [-0.3, -0.25) is 18.9 Å². The summed E-state index contributed by atoms with van der Waals surface area (Å²) in [4.78, 5) is 20.6. The minimum atomic E-state index is -4.33. The van der Waals surface area contributed by atoms with Crippen molar-refractivity contribution in [2.75, 3.05) is 32.2 Å². The lowest BCUT2D eigenvalue weighted by Crippen LogP contribution is -2.45. The van der Waals surface area contributed by atoms with Crippen LogP contribution in [0.4, 0.5) is 5.82 Å². The summed E-state index contributed by atoms with van der Waals surface area (Å²) in [7, 11) is -4.33. The van der Waals surface area contributed by atoms with E-state index < -0.39 is 56.2 Å². The van der Waals surface area contributed by atoms with Crippen molar-refractivity contribution in [3.8, 4) is 5.75 Å². The minimum Gasteiger partial charge on any atom is -0.464 e. The van der Waals surface area contributed by atoms with Crippen LogP contribution in [-0.2, 0) is 37.6 Å². The molecule has 15 nitrogen and oxygen atoms in total. The summed E-state index contributed by atoms with van der Waals surface area (Å²) >= 11 is 0. The Morgan fingerprint density at radius 3 is 2.70 bits per heavy atom. The molecule has 0 amide bonds. The Balaban J connectivity index is 1.26. The van der Waals surface area contributed by atoms with Gasteiger partial charge in [-0.2, -0.15) is 10.2 Å². The van der Waals surface area contributed by atoms with E-state index in [1.54, 1.807) is 60.8 Å². The van der Waals surface area contributed by atoms with E-state index in [0.717, 1.165) is 0 Å². The smallest absolute Gasteiger partial charge is 0.459 e. The van der Waals surface area contributed by atoms with Gasteiger partial charge in [0, 0.05) is 5.92 Å². The molecule has 3 aliphatic heterocycles. The zero-order valence-electron chi connectivity index (χ0n) is 24.3. The zero-order chi connectivity index (χ0) is 31.1. The predicted octanol–water partition coefficient (Wildman–Crippen LogP) is 2.89. The van der Waals surface area contributed by atoms with Gasteiger partial charge < -0.3 is 29.2 Å². The fraction of sp³-hybridized carbons (Fsp3) is 0.500. The minimum absolute atomic E-state index is 0.118. The molecule has 6 atom stereocenters. The molecule has 0 aliphatic carbocycles. The number of esters is 1. The molecule has 0 saturated carbocycles. The summed E-state index contributed by atoms with van der Waals surface area (Å²) in [5.74, 6) is -1.12. The molecule has 0 radical (unpaired) electrons. The first-order valence-corrected chi connectivity index (χ1v) is 15.6. The monoisotopic (exact) mass is 628 g/mol. The first-order chi connectivity index (χ1) is 21.0. The Hall–Kier alpha value is -3.61. The third-order valence-corrected chi connectivity index (χ3v) is 9.10.